The Kier molecular flexibility index (Phi) is 5.96. The summed E-state index contributed by atoms with van der Waals surface area (Å²) in [5.41, 5.74) is 0.714. The fraction of sp³-hybridized carbons (Fsp3) is 0.222. The molecule has 0 radical (unpaired) electrons. The standard InChI is InChI=1S/C18H15ClN4O4S/c1-10-16(19)15-17(20-8-11-3-2-4-12(7-11)23(26)27)21-14(22-18(15)28-10)6-5-13(25)9-24/h2-4,7,9H,5-6,8H2,1H3,(H,20,21,22). The van der Waals surface area contributed by atoms with Gasteiger partial charge in [0, 0.05) is 36.4 Å². The van der Waals surface area contributed by atoms with Crippen molar-refractivity contribution in [2.45, 2.75) is 26.3 Å². The van der Waals surface area contributed by atoms with Crippen LogP contribution in [0.2, 0.25) is 5.02 Å². The lowest BCUT2D eigenvalue weighted by Gasteiger charge is -2.09. The number of nitro groups is 1. The molecule has 28 heavy (non-hydrogen) atoms. The van der Waals surface area contributed by atoms with Gasteiger partial charge in [-0.05, 0) is 12.5 Å². The van der Waals surface area contributed by atoms with E-state index in [-0.39, 0.29) is 24.8 Å². The summed E-state index contributed by atoms with van der Waals surface area (Å²) in [7, 11) is 0. The first-order valence-corrected chi connectivity index (χ1v) is 9.49. The van der Waals surface area contributed by atoms with Gasteiger partial charge in [0.2, 0.25) is 0 Å². The van der Waals surface area contributed by atoms with Gasteiger partial charge in [-0.1, -0.05) is 23.7 Å². The number of nitrogens with zero attached hydrogens (tertiary/aromatic N) is 3. The number of fused-ring (bicyclic) bond motifs is 1. The first-order valence-electron chi connectivity index (χ1n) is 8.29. The number of anilines is 1. The van der Waals surface area contributed by atoms with Gasteiger partial charge >= 0.3 is 0 Å². The Hall–Kier alpha value is -2.91. The van der Waals surface area contributed by atoms with E-state index in [4.69, 9.17) is 11.6 Å². The fourth-order valence-electron chi connectivity index (χ4n) is 2.62. The van der Waals surface area contributed by atoms with Crippen LogP contribution in [0, 0.1) is 17.0 Å². The number of benzene rings is 1. The summed E-state index contributed by atoms with van der Waals surface area (Å²) in [4.78, 5) is 42.7. The number of rotatable bonds is 8. The summed E-state index contributed by atoms with van der Waals surface area (Å²) < 4.78 is 0. The van der Waals surface area contributed by atoms with E-state index < -0.39 is 10.7 Å². The number of hydrogen-bond acceptors (Lipinski definition) is 8. The number of carbonyl (C=O) groups excluding carboxylic acids is 2. The maximum absolute atomic E-state index is 11.3. The lowest BCUT2D eigenvalue weighted by Crippen LogP contribution is -2.07. The molecule has 3 aromatic rings. The van der Waals surface area contributed by atoms with Crippen molar-refractivity contribution in [1.29, 1.82) is 0 Å². The van der Waals surface area contributed by atoms with E-state index in [1.165, 1.54) is 23.5 Å². The smallest absolute Gasteiger partial charge is 0.269 e. The normalized spacial score (nSPS) is 10.8. The van der Waals surface area contributed by atoms with Crippen molar-refractivity contribution in [1.82, 2.24) is 9.97 Å². The SMILES string of the molecule is Cc1sc2nc(CCC(=O)C=O)nc(NCc3cccc([N+](=O)[O-])c3)c2c1Cl. The molecular weight excluding hydrogens is 404 g/mol. The highest BCUT2D eigenvalue weighted by molar-refractivity contribution is 7.19. The maximum Gasteiger partial charge on any atom is 0.269 e. The van der Waals surface area contributed by atoms with Crippen molar-refractivity contribution in [3.8, 4) is 0 Å². The first kappa shape index (κ1) is 19.8. The molecule has 0 bridgehead atoms. The van der Waals surface area contributed by atoms with Gasteiger partial charge in [-0.15, -0.1) is 11.3 Å². The van der Waals surface area contributed by atoms with Crippen LogP contribution in [-0.2, 0) is 22.6 Å². The van der Waals surface area contributed by atoms with Crippen molar-refractivity contribution in [2.75, 3.05) is 5.32 Å². The molecule has 0 saturated carbocycles. The summed E-state index contributed by atoms with van der Waals surface area (Å²) in [6.07, 6.45) is 0.539. The summed E-state index contributed by atoms with van der Waals surface area (Å²) >= 11 is 7.81. The zero-order valence-corrected chi connectivity index (χ0v) is 16.3. The number of halogens is 1. The second kappa shape index (κ2) is 8.41. The van der Waals surface area contributed by atoms with Gasteiger partial charge < -0.3 is 5.32 Å². The Morgan fingerprint density at radius 3 is 2.89 bits per heavy atom. The summed E-state index contributed by atoms with van der Waals surface area (Å²) in [6, 6.07) is 6.29. The molecule has 0 aliphatic heterocycles. The molecule has 0 aliphatic carbocycles. The highest BCUT2D eigenvalue weighted by atomic mass is 35.5. The molecule has 0 fully saturated rings. The first-order chi connectivity index (χ1) is 13.4. The summed E-state index contributed by atoms with van der Waals surface area (Å²) in [5, 5.41) is 15.3. The number of carbonyl (C=O) groups is 2. The Labute approximate surface area is 168 Å². The molecule has 8 nitrogen and oxygen atoms in total. The largest absolute Gasteiger partial charge is 0.365 e. The molecule has 0 atom stereocenters. The highest BCUT2D eigenvalue weighted by Crippen LogP contribution is 2.37. The van der Waals surface area contributed by atoms with E-state index in [9.17, 15) is 19.7 Å². The van der Waals surface area contributed by atoms with E-state index >= 15 is 0 Å². The van der Waals surface area contributed by atoms with Gasteiger partial charge in [-0.3, -0.25) is 19.7 Å². The summed E-state index contributed by atoms with van der Waals surface area (Å²) in [6.45, 7) is 2.17. The van der Waals surface area contributed by atoms with Crippen molar-refractivity contribution in [2.24, 2.45) is 0 Å². The Bertz CT molecular complexity index is 1080. The van der Waals surface area contributed by atoms with Crippen LogP contribution in [0.4, 0.5) is 11.5 Å². The zero-order valence-electron chi connectivity index (χ0n) is 14.8. The molecule has 0 unspecified atom stereocenters. The lowest BCUT2D eigenvalue weighted by molar-refractivity contribution is -0.384. The minimum Gasteiger partial charge on any atom is -0.365 e. The van der Waals surface area contributed by atoms with E-state index in [1.807, 2.05) is 6.92 Å². The van der Waals surface area contributed by atoms with E-state index in [0.29, 0.717) is 39.0 Å². The maximum atomic E-state index is 11.3. The molecule has 2 aromatic heterocycles. The Morgan fingerprint density at radius 1 is 1.39 bits per heavy atom. The van der Waals surface area contributed by atoms with Crippen LogP contribution < -0.4 is 5.32 Å². The van der Waals surface area contributed by atoms with E-state index in [1.54, 1.807) is 12.1 Å². The predicted molar refractivity (Wildman–Crippen MR) is 107 cm³/mol. The average Bonchev–Trinajstić information content (AvgIpc) is 2.98. The van der Waals surface area contributed by atoms with Crippen LogP contribution in [0.25, 0.3) is 10.2 Å². The number of aldehydes is 1. The van der Waals surface area contributed by atoms with Gasteiger partial charge in [-0.2, -0.15) is 0 Å². The van der Waals surface area contributed by atoms with E-state index in [0.717, 1.165) is 4.88 Å². The third-order valence-corrected chi connectivity index (χ3v) is 5.59. The monoisotopic (exact) mass is 418 g/mol. The zero-order chi connectivity index (χ0) is 20.3. The highest BCUT2D eigenvalue weighted by Gasteiger charge is 2.17. The molecule has 0 amide bonds. The third-order valence-electron chi connectivity index (χ3n) is 4.01. The molecule has 3 rings (SSSR count). The van der Waals surface area contributed by atoms with Crippen molar-refractivity contribution in [3.05, 3.63) is 55.7 Å². The Morgan fingerprint density at radius 2 is 2.18 bits per heavy atom. The van der Waals surface area contributed by atoms with Crippen LogP contribution >= 0.6 is 22.9 Å². The van der Waals surface area contributed by atoms with Gasteiger partial charge in [0.05, 0.1) is 15.3 Å². The minimum atomic E-state index is -0.518. The fourth-order valence-corrected chi connectivity index (χ4v) is 3.91. The lowest BCUT2D eigenvalue weighted by atomic mass is 10.2. The number of nitro benzene ring substituents is 1. The molecule has 0 aliphatic rings. The summed E-state index contributed by atoms with van der Waals surface area (Å²) in [5.74, 6) is 0.386. The molecule has 0 saturated heterocycles. The minimum absolute atomic E-state index is 0.00427. The third kappa shape index (κ3) is 4.32. The van der Waals surface area contributed by atoms with Crippen LogP contribution in [0.3, 0.4) is 0 Å². The molecular formula is C18H15ClN4O4S. The molecule has 1 aromatic carbocycles. The number of hydrogen-bond donors (Lipinski definition) is 1. The number of nitrogens with one attached hydrogen (secondary N) is 1. The number of non-ortho nitro benzene ring substituents is 1. The molecule has 0 spiro atoms. The van der Waals surface area contributed by atoms with Crippen LogP contribution in [0.5, 0.6) is 0 Å². The molecule has 144 valence electrons. The quantitative estimate of drug-likeness (QED) is 0.255. The Balaban J connectivity index is 1.91. The van der Waals surface area contributed by atoms with Gasteiger partial charge in [-0.25, -0.2) is 9.97 Å². The number of ketones is 1. The van der Waals surface area contributed by atoms with Crippen molar-refractivity contribution >= 4 is 56.7 Å². The number of aryl methyl sites for hydroxylation is 2. The average molecular weight is 419 g/mol. The molecule has 10 heteroatoms. The number of Topliss-reactive ketones (excluding diaryl/α,β-unsaturated/α-hetero) is 1. The number of aromatic nitrogens is 2. The predicted octanol–water partition coefficient (Wildman–Crippen LogP) is 3.87. The van der Waals surface area contributed by atoms with Crippen LogP contribution in [0.1, 0.15) is 22.7 Å². The van der Waals surface area contributed by atoms with Crippen LogP contribution in [0.15, 0.2) is 24.3 Å². The van der Waals surface area contributed by atoms with Gasteiger partial charge in [0.25, 0.3) is 5.69 Å². The van der Waals surface area contributed by atoms with Crippen LogP contribution in [-0.4, -0.2) is 27.0 Å². The number of thiophene rings is 1. The molecule has 2 heterocycles. The second-order valence-corrected chi connectivity index (χ2v) is 7.59. The van der Waals surface area contributed by atoms with Gasteiger partial charge in [0.1, 0.15) is 16.5 Å². The van der Waals surface area contributed by atoms with Gasteiger partial charge in [0.15, 0.2) is 12.1 Å². The topological polar surface area (TPSA) is 115 Å². The van der Waals surface area contributed by atoms with E-state index in [2.05, 4.69) is 15.3 Å². The van der Waals surface area contributed by atoms with Crippen molar-refractivity contribution < 1.29 is 14.5 Å². The second-order valence-electron chi connectivity index (χ2n) is 6.01. The van der Waals surface area contributed by atoms with Crippen molar-refractivity contribution in [3.63, 3.8) is 0 Å². The molecule has 1 N–H and O–H groups in total.